The van der Waals surface area contributed by atoms with Crippen LogP contribution in [0.15, 0.2) is 18.2 Å². The molecule has 2 saturated heterocycles. The summed E-state index contributed by atoms with van der Waals surface area (Å²) in [6, 6.07) is 7.77. The van der Waals surface area contributed by atoms with Crippen LogP contribution in [0, 0.1) is 5.92 Å². The molecule has 2 aromatic rings. The van der Waals surface area contributed by atoms with Crippen molar-refractivity contribution in [3.63, 3.8) is 0 Å². The molecule has 3 aliphatic rings. The van der Waals surface area contributed by atoms with Crippen LogP contribution in [0.1, 0.15) is 43.0 Å². The molecule has 0 saturated carbocycles. The van der Waals surface area contributed by atoms with Gasteiger partial charge < -0.3 is 14.8 Å². The van der Waals surface area contributed by atoms with Gasteiger partial charge in [0.25, 0.3) is 0 Å². The van der Waals surface area contributed by atoms with Gasteiger partial charge in [-0.05, 0) is 89.1 Å². The molecule has 1 aromatic carbocycles. The van der Waals surface area contributed by atoms with Crippen molar-refractivity contribution in [1.82, 2.24) is 19.7 Å². The molecule has 2 fully saturated rings. The first-order valence-corrected chi connectivity index (χ1v) is 11.4. The Morgan fingerprint density at radius 3 is 2.75 bits per heavy atom. The van der Waals surface area contributed by atoms with Gasteiger partial charge >= 0.3 is 0 Å². The lowest BCUT2D eigenvalue weighted by molar-refractivity contribution is 0.215. The van der Waals surface area contributed by atoms with Gasteiger partial charge in [0.1, 0.15) is 0 Å². The molecule has 1 aromatic heterocycles. The van der Waals surface area contributed by atoms with Crippen LogP contribution < -0.4 is 5.32 Å². The van der Waals surface area contributed by atoms with Gasteiger partial charge in [-0.2, -0.15) is 0 Å². The van der Waals surface area contributed by atoms with Crippen LogP contribution in [0.25, 0.3) is 10.9 Å². The number of nitrogens with zero attached hydrogens (tertiary/aromatic N) is 3. The molecule has 1 N–H and O–H groups in total. The van der Waals surface area contributed by atoms with Gasteiger partial charge in [-0.3, -0.25) is 4.90 Å². The molecule has 2 bridgehead atoms. The van der Waals surface area contributed by atoms with E-state index in [1.807, 2.05) is 0 Å². The third kappa shape index (κ3) is 3.28. The van der Waals surface area contributed by atoms with Crippen LogP contribution in [-0.4, -0.2) is 60.7 Å². The predicted octanol–water partition coefficient (Wildman–Crippen LogP) is 3.92. The summed E-state index contributed by atoms with van der Waals surface area (Å²) in [5.74, 6) is 0.842. The van der Waals surface area contributed by atoms with Gasteiger partial charge in [-0.25, -0.2) is 0 Å². The minimum absolute atomic E-state index is 0.572. The highest BCUT2D eigenvalue weighted by atomic mass is 35.5. The highest BCUT2D eigenvalue weighted by Crippen LogP contribution is 2.47. The van der Waals surface area contributed by atoms with Gasteiger partial charge in [0.05, 0.1) is 0 Å². The van der Waals surface area contributed by atoms with Crippen molar-refractivity contribution >= 4 is 22.5 Å². The minimum Gasteiger partial charge on any atom is -0.343 e. The zero-order valence-electron chi connectivity index (χ0n) is 17.3. The molecule has 5 heteroatoms. The van der Waals surface area contributed by atoms with Crippen LogP contribution in [0.4, 0.5) is 0 Å². The maximum Gasteiger partial charge on any atom is 0.0487 e. The van der Waals surface area contributed by atoms with Crippen LogP contribution >= 0.6 is 11.6 Å². The van der Waals surface area contributed by atoms with E-state index in [9.17, 15) is 0 Å². The predicted molar refractivity (Wildman–Crippen MR) is 117 cm³/mol. The fraction of sp³-hybridized carbons (Fsp3) is 0.652. The first-order chi connectivity index (χ1) is 13.6. The van der Waals surface area contributed by atoms with Gasteiger partial charge in [0.15, 0.2) is 0 Å². The topological polar surface area (TPSA) is 23.4 Å². The number of rotatable bonds is 5. The van der Waals surface area contributed by atoms with Gasteiger partial charge in [0.2, 0.25) is 0 Å². The molecule has 0 aliphatic carbocycles. The second-order valence-electron chi connectivity index (χ2n) is 9.24. The van der Waals surface area contributed by atoms with E-state index in [0.29, 0.717) is 12.1 Å². The summed E-state index contributed by atoms with van der Waals surface area (Å²) in [5.41, 5.74) is 4.50. The molecule has 4 heterocycles. The fourth-order valence-corrected chi connectivity index (χ4v) is 6.02. The Morgan fingerprint density at radius 1 is 1.11 bits per heavy atom. The fourth-order valence-electron chi connectivity index (χ4n) is 5.85. The average molecular weight is 401 g/mol. The number of hydrogen-bond acceptors (Lipinski definition) is 3. The Kier molecular flexibility index (Phi) is 5.16. The zero-order valence-corrected chi connectivity index (χ0v) is 18.0. The molecule has 0 radical (unpaired) electrons. The summed E-state index contributed by atoms with van der Waals surface area (Å²) >= 11 is 6.39. The number of halogens is 1. The molecule has 2 unspecified atom stereocenters. The molecular weight excluding hydrogens is 368 g/mol. The summed E-state index contributed by atoms with van der Waals surface area (Å²) < 4.78 is 2.60. The van der Waals surface area contributed by atoms with Crippen molar-refractivity contribution < 1.29 is 0 Å². The molecule has 152 valence electrons. The van der Waals surface area contributed by atoms with E-state index >= 15 is 0 Å². The third-order valence-corrected chi connectivity index (χ3v) is 7.80. The van der Waals surface area contributed by atoms with Crippen molar-refractivity contribution in [2.24, 2.45) is 5.92 Å². The van der Waals surface area contributed by atoms with E-state index in [1.165, 1.54) is 56.1 Å². The van der Waals surface area contributed by atoms with E-state index in [1.54, 1.807) is 11.3 Å². The number of benzene rings is 1. The molecule has 5 rings (SSSR count). The second kappa shape index (κ2) is 7.64. The molecule has 3 aliphatic heterocycles. The number of likely N-dealkylation sites (N-methyl/N-ethyl adjacent to an activating group) is 1. The summed E-state index contributed by atoms with van der Waals surface area (Å²) in [7, 11) is 4.54. The van der Waals surface area contributed by atoms with Crippen LogP contribution in [0.2, 0.25) is 5.02 Å². The first-order valence-electron chi connectivity index (χ1n) is 11.0. The quantitative estimate of drug-likeness (QED) is 0.769. The Bertz CT molecular complexity index is 852. The van der Waals surface area contributed by atoms with E-state index in [4.69, 9.17) is 11.6 Å². The monoisotopic (exact) mass is 400 g/mol. The van der Waals surface area contributed by atoms with Gasteiger partial charge in [0, 0.05) is 53.2 Å². The first kappa shape index (κ1) is 18.9. The second-order valence-corrected chi connectivity index (χ2v) is 9.68. The number of fused-ring (bicyclic) bond motifs is 6. The van der Waals surface area contributed by atoms with E-state index in [2.05, 4.69) is 52.0 Å². The highest BCUT2D eigenvalue weighted by Gasteiger charge is 2.40. The van der Waals surface area contributed by atoms with Crippen molar-refractivity contribution in [2.45, 2.75) is 50.7 Å². The normalized spacial score (nSPS) is 26.2. The number of aromatic nitrogens is 1. The van der Waals surface area contributed by atoms with Crippen molar-refractivity contribution in [3.05, 3.63) is 34.5 Å². The summed E-state index contributed by atoms with van der Waals surface area (Å²) in [6.45, 7) is 5.77. The maximum absolute atomic E-state index is 6.39. The molecule has 2 atom stereocenters. The standard InChI is InChI=1S/C23H33ClN4/c1-26-10-7-16(8-11-26)15-25-9-12-28-20-5-3-17(24)13-19(20)23-21-6-4-18(27(21)2)14-22(23)28/h3,5,13,16,18,21,25H,4,6-12,14-15H2,1-2H3. The average Bonchev–Trinajstić information content (AvgIpc) is 3.10. The van der Waals surface area contributed by atoms with Crippen LogP contribution in [0.5, 0.6) is 0 Å². The number of likely N-dealkylation sites (tertiary alicyclic amines) is 1. The van der Waals surface area contributed by atoms with E-state index in [0.717, 1.165) is 30.6 Å². The molecule has 28 heavy (non-hydrogen) atoms. The van der Waals surface area contributed by atoms with E-state index < -0.39 is 0 Å². The highest BCUT2D eigenvalue weighted by molar-refractivity contribution is 6.31. The lowest BCUT2D eigenvalue weighted by Gasteiger charge is -2.32. The zero-order chi connectivity index (χ0) is 19.3. The minimum atomic E-state index is 0.572. The Hall–Kier alpha value is -1.07. The third-order valence-electron chi connectivity index (χ3n) is 7.56. The smallest absolute Gasteiger partial charge is 0.0487 e. The molecule has 4 nitrogen and oxygen atoms in total. The molecular formula is C23H33ClN4. The number of nitrogens with one attached hydrogen (secondary N) is 1. The number of hydrogen-bond donors (Lipinski definition) is 1. The summed E-state index contributed by atoms with van der Waals surface area (Å²) in [5, 5.41) is 6.00. The van der Waals surface area contributed by atoms with Crippen molar-refractivity contribution in [1.29, 1.82) is 0 Å². The molecule has 0 amide bonds. The summed E-state index contributed by atoms with van der Waals surface area (Å²) in [6.07, 6.45) is 6.46. The van der Waals surface area contributed by atoms with Crippen LogP contribution in [-0.2, 0) is 13.0 Å². The van der Waals surface area contributed by atoms with Crippen molar-refractivity contribution in [2.75, 3.05) is 40.3 Å². The Balaban J connectivity index is 1.34. The SMILES string of the molecule is CN1CCC(CNCCn2c3c(c4cc(Cl)ccc42)C2CCC(C3)N2C)CC1. The maximum atomic E-state index is 6.39. The number of piperidine rings is 1. The van der Waals surface area contributed by atoms with Gasteiger partial charge in [-0.1, -0.05) is 11.6 Å². The Morgan fingerprint density at radius 2 is 1.93 bits per heavy atom. The Labute approximate surface area is 173 Å². The molecule has 0 spiro atoms. The van der Waals surface area contributed by atoms with Gasteiger partial charge in [-0.15, -0.1) is 0 Å². The summed E-state index contributed by atoms with van der Waals surface area (Å²) in [4.78, 5) is 5.05. The van der Waals surface area contributed by atoms with Crippen LogP contribution in [0.3, 0.4) is 0 Å². The van der Waals surface area contributed by atoms with Crippen molar-refractivity contribution in [3.8, 4) is 0 Å². The largest absolute Gasteiger partial charge is 0.343 e. The lowest BCUT2D eigenvalue weighted by Crippen LogP contribution is -2.36. The lowest BCUT2D eigenvalue weighted by atomic mass is 9.97. The van der Waals surface area contributed by atoms with E-state index in [-0.39, 0.29) is 0 Å².